The van der Waals surface area contributed by atoms with Crippen LogP contribution in [0.2, 0.25) is 0 Å². The lowest BCUT2D eigenvalue weighted by molar-refractivity contribution is -0.139. The summed E-state index contributed by atoms with van der Waals surface area (Å²) in [5, 5.41) is 17.6. The molecule has 0 saturated carbocycles. The summed E-state index contributed by atoms with van der Waals surface area (Å²) in [6.45, 7) is 1.81. The molecule has 0 spiro atoms. The van der Waals surface area contributed by atoms with Crippen molar-refractivity contribution in [2.45, 2.75) is 25.8 Å². The van der Waals surface area contributed by atoms with Gasteiger partial charge in [-0.05, 0) is 16.7 Å². The van der Waals surface area contributed by atoms with Gasteiger partial charge in [-0.1, -0.05) is 13.3 Å². The normalized spacial score (nSPS) is 12.1. The lowest BCUT2D eigenvalue weighted by Crippen LogP contribution is -2.41. The van der Waals surface area contributed by atoms with E-state index in [1.807, 2.05) is 6.92 Å². The molecule has 8 nitrogen and oxygen atoms in total. The maximum Gasteiger partial charge on any atom is 0.326 e. The minimum absolute atomic E-state index is 0.168. The Morgan fingerprint density at radius 3 is 2.69 bits per heavy atom. The van der Waals surface area contributed by atoms with Gasteiger partial charge in [-0.3, -0.25) is 4.79 Å². The maximum atomic E-state index is 11.5. The van der Waals surface area contributed by atoms with E-state index in [1.54, 1.807) is 0 Å². The number of carboxylic acid groups (broad SMARTS) is 1. The van der Waals surface area contributed by atoms with Crippen molar-refractivity contribution < 1.29 is 19.3 Å². The highest BCUT2D eigenvalue weighted by atomic mass is 16.6. The van der Waals surface area contributed by atoms with Crippen LogP contribution in [-0.2, 0) is 4.79 Å². The lowest BCUT2D eigenvalue weighted by Gasteiger charge is -2.11. The fourth-order valence-corrected chi connectivity index (χ4v) is 1.13. The summed E-state index contributed by atoms with van der Waals surface area (Å²) in [7, 11) is 0. The van der Waals surface area contributed by atoms with Crippen molar-refractivity contribution in [2.75, 3.05) is 5.73 Å². The Kier molecular flexibility index (Phi) is 3.81. The van der Waals surface area contributed by atoms with Gasteiger partial charge < -0.3 is 16.2 Å². The largest absolute Gasteiger partial charge is 0.480 e. The second-order valence-corrected chi connectivity index (χ2v) is 3.15. The highest BCUT2D eigenvalue weighted by Gasteiger charge is 2.23. The van der Waals surface area contributed by atoms with E-state index in [0.29, 0.717) is 12.8 Å². The minimum Gasteiger partial charge on any atom is -0.480 e. The highest BCUT2D eigenvalue weighted by molar-refractivity contribution is 5.98. The molecule has 4 N–H and O–H groups in total. The quantitative estimate of drug-likeness (QED) is 0.626. The van der Waals surface area contributed by atoms with Crippen LogP contribution in [0.3, 0.4) is 0 Å². The van der Waals surface area contributed by atoms with Crippen LogP contribution in [0.1, 0.15) is 30.3 Å². The Labute approximate surface area is 90.8 Å². The van der Waals surface area contributed by atoms with E-state index in [-0.39, 0.29) is 11.5 Å². The predicted molar refractivity (Wildman–Crippen MR) is 52.5 cm³/mol. The predicted octanol–water partition coefficient (Wildman–Crippen LogP) is -0.365. The van der Waals surface area contributed by atoms with Crippen LogP contribution < -0.4 is 11.1 Å². The first kappa shape index (κ1) is 12.0. The van der Waals surface area contributed by atoms with Crippen molar-refractivity contribution in [3.63, 3.8) is 0 Å². The smallest absolute Gasteiger partial charge is 0.326 e. The molecular weight excluding hydrogens is 216 g/mol. The van der Waals surface area contributed by atoms with E-state index in [1.165, 1.54) is 0 Å². The van der Waals surface area contributed by atoms with Crippen molar-refractivity contribution in [1.82, 2.24) is 15.6 Å². The molecule has 8 heteroatoms. The Hall–Kier alpha value is -2.12. The van der Waals surface area contributed by atoms with Crippen LogP contribution in [0, 0.1) is 0 Å². The third-order valence-electron chi connectivity index (χ3n) is 1.91. The average Bonchev–Trinajstić information content (AvgIpc) is 2.63. The zero-order valence-electron chi connectivity index (χ0n) is 8.64. The van der Waals surface area contributed by atoms with Crippen molar-refractivity contribution in [2.24, 2.45) is 0 Å². The number of carbonyl (C=O) groups is 2. The first-order valence-corrected chi connectivity index (χ1v) is 4.68. The number of aromatic nitrogens is 2. The molecule has 0 radical (unpaired) electrons. The number of aliphatic carboxylic acids is 1. The van der Waals surface area contributed by atoms with Gasteiger partial charge in [-0.25, -0.2) is 9.42 Å². The van der Waals surface area contributed by atoms with Gasteiger partial charge >= 0.3 is 5.97 Å². The van der Waals surface area contributed by atoms with Crippen molar-refractivity contribution in [3.8, 4) is 0 Å². The van der Waals surface area contributed by atoms with Gasteiger partial charge in [0, 0.05) is 0 Å². The molecule has 1 heterocycles. The monoisotopic (exact) mass is 228 g/mol. The van der Waals surface area contributed by atoms with Crippen molar-refractivity contribution in [3.05, 3.63) is 5.69 Å². The molecule has 0 aliphatic carbocycles. The summed E-state index contributed by atoms with van der Waals surface area (Å²) in [6, 6.07) is -0.964. The SMILES string of the molecule is CCC[C@H](NC(=O)c1nonc1N)C(=O)O. The molecule has 0 bridgehead atoms. The maximum absolute atomic E-state index is 11.5. The van der Waals surface area contributed by atoms with E-state index in [9.17, 15) is 9.59 Å². The second-order valence-electron chi connectivity index (χ2n) is 3.15. The number of amides is 1. The first-order chi connectivity index (χ1) is 7.56. The van der Waals surface area contributed by atoms with E-state index in [4.69, 9.17) is 10.8 Å². The van der Waals surface area contributed by atoms with Gasteiger partial charge in [-0.2, -0.15) is 0 Å². The number of anilines is 1. The van der Waals surface area contributed by atoms with Crippen LogP contribution >= 0.6 is 0 Å². The Morgan fingerprint density at radius 2 is 2.25 bits per heavy atom. The zero-order chi connectivity index (χ0) is 12.1. The first-order valence-electron chi connectivity index (χ1n) is 4.68. The molecule has 0 fully saturated rings. The molecule has 1 amide bonds. The second kappa shape index (κ2) is 5.10. The summed E-state index contributed by atoms with van der Waals surface area (Å²) in [5.74, 6) is -1.98. The van der Waals surface area contributed by atoms with Gasteiger partial charge in [0.05, 0.1) is 0 Å². The van der Waals surface area contributed by atoms with Gasteiger partial charge in [0.2, 0.25) is 11.5 Å². The number of carboxylic acids is 1. The standard InChI is InChI=1S/C8H12N4O4/c1-2-3-4(8(14)15)10-7(13)5-6(9)12-16-11-5/h4H,2-3H2,1H3,(H2,9,12)(H,10,13)(H,14,15)/t4-/m0/s1. The van der Waals surface area contributed by atoms with Crippen molar-refractivity contribution in [1.29, 1.82) is 0 Å². The van der Waals surface area contributed by atoms with E-state index in [2.05, 4.69) is 20.3 Å². The number of nitrogen functional groups attached to an aromatic ring is 1. The number of nitrogens with zero attached hydrogens (tertiary/aromatic N) is 2. The topological polar surface area (TPSA) is 131 Å². The van der Waals surface area contributed by atoms with E-state index >= 15 is 0 Å². The van der Waals surface area contributed by atoms with Gasteiger partial charge in [0.25, 0.3) is 5.91 Å². The summed E-state index contributed by atoms with van der Waals surface area (Å²) in [4.78, 5) is 22.3. The highest BCUT2D eigenvalue weighted by Crippen LogP contribution is 2.05. The Morgan fingerprint density at radius 1 is 1.56 bits per heavy atom. The molecular formula is C8H12N4O4. The van der Waals surface area contributed by atoms with E-state index in [0.717, 1.165) is 0 Å². The van der Waals surface area contributed by atoms with Crippen LogP contribution in [0.15, 0.2) is 4.63 Å². The Bertz CT molecular complexity index is 389. The third kappa shape index (κ3) is 2.69. The molecule has 1 rings (SSSR count). The van der Waals surface area contributed by atoms with E-state index < -0.39 is 17.9 Å². The summed E-state index contributed by atoms with van der Waals surface area (Å²) in [6.07, 6.45) is 0.954. The van der Waals surface area contributed by atoms with Crippen LogP contribution in [0.5, 0.6) is 0 Å². The molecule has 1 atom stereocenters. The van der Waals surface area contributed by atoms with Gasteiger partial charge in [0.1, 0.15) is 6.04 Å². The number of nitrogens with one attached hydrogen (secondary N) is 1. The number of nitrogens with two attached hydrogens (primary N) is 1. The number of carbonyl (C=O) groups excluding carboxylic acids is 1. The van der Waals surface area contributed by atoms with Crippen LogP contribution in [-0.4, -0.2) is 33.3 Å². The van der Waals surface area contributed by atoms with Crippen molar-refractivity contribution >= 4 is 17.7 Å². The molecule has 0 saturated heterocycles. The van der Waals surface area contributed by atoms with Gasteiger partial charge in [-0.15, -0.1) is 0 Å². The summed E-state index contributed by atoms with van der Waals surface area (Å²) >= 11 is 0. The summed E-state index contributed by atoms with van der Waals surface area (Å²) < 4.78 is 4.24. The Balaban J connectivity index is 2.69. The number of rotatable bonds is 5. The fourth-order valence-electron chi connectivity index (χ4n) is 1.13. The fraction of sp³-hybridized carbons (Fsp3) is 0.500. The molecule has 16 heavy (non-hydrogen) atoms. The number of hydrogen-bond acceptors (Lipinski definition) is 6. The molecule has 1 aromatic heterocycles. The number of hydrogen-bond donors (Lipinski definition) is 3. The lowest BCUT2D eigenvalue weighted by atomic mass is 10.1. The average molecular weight is 228 g/mol. The molecule has 0 aliphatic heterocycles. The minimum atomic E-state index is -1.11. The zero-order valence-corrected chi connectivity index (χ0v) is 8.64. The molecule has 0 aromatic carbocycles. The molecule has 88 valence electrons. The van der Waals surface area contributed by atoms with Gasteiger partial charge in [0.15, 0.2) is 0 Å². The third-order valence-corrected chi connectivity index (χ3v) is 1.91. The molecule has 1 aromatic rings. The van der Waals surface area contributed by atoms with Crippen LogP contribution in [0.25, 0.3) is 0 Å². The molecule has 0 aliphatic rings. The molecule has 0 unspecified atom stereocenters. The van der Waals surface area contributed by atoms with Crippen LogP contribution in [0.4, 0.5) is 5.82 Å². The summed E-state index contributed by atoms with van der Waals surface area (Å²) in [5.41, 5.74) is 5.09.